The summed E-state index contributed by atoms with van der Waals surface area (Å²) >= 11 is 0. The largest absolute Gasteiger partial charge is 0.496 e. The number of anilines is 1. The van der Waals surface area contributed by atoms with Gasteiger partial charge >= 0.3 is 0 Å². The first-order valence-electron chi connectivity index (χ1n) is 6.56. The molecule has 1 aromatic rings. The fourth-order valence-corrected chi connectivity index (χ4v) is 3.14. The van der Waals surface area contributed by atoms with E-state index in [0.717, 1.165) is 47.5 Å². The first-order chi connectivity index (χ1) is 8.59. The summed E-state index contributed by atoms with van der Waals surface area (Å²) in [5, 5.41) is 3.47. The number of Topliss-reactive ketones (excluding diaryl/α,β-unsaturated/α-hetero) is 1. The third kappa shape index (κ3) is 1.33. The third-order valence-electron chi connectivity index (χ3n) is 4.71. The fraction of sp³-hybridized carbons (Fsp3) is 0.533. The lowest BCUT2D eigenvalue weighted by atomic mass is 9.62. The first-order valence-corrected chi connectivity index (χ1v) is 6.56. The second-order valence-electron chi connectivity index (χ2n) is 5.57. The van der Waals surface area contributed by atoms with Gasteiger partial charge < -0.3 is 10.1 Å². The number of hydrogen-bond acceptors (Lipinski definition) is 3. The van der Waals surface area contributed by atoms with Crippen molar-refractivity contribution in [3.05, 3.63) is 22.8 Å². The minimum absolute atomic E-state index is 0.125. The molecule has 0 atom stereocenters. The first kappa shape index (κ1) is 11.6. The number of ether oxygens (including phenoxy) is 1. The molecule has 1 saturated carbocycles. The van der Waals surface area contributed by atoms with Gasteiger partial charge in [-0.3, -0.25) is 4.79 Å². The van der Waals surface area contributed by atoms with Crippen molar-refractivity contribution in [3.63, 3.8) is 0 Å². The Labute approximate surface area is 108 Å². The van der Waals surface area contributed by atoms with Gasteiger partial charge in [0, 0.05) is 17.8 Å². The molecule has 1 aliphatic carbocycles. The highest BCUT2D eigenvalue weighted by Crippen LogP contribution is 2.48. The van der Waals surface area contributed by atoms with Crippen molar-refractivity contribution < 1.29 is 9.53 Å². The summed E-state index contributed by atoms with van der Waals surface area (Å²) in [7, 11) is 1.66. The molecule has 18 heavy (non-hydrogen) atoms. The van der Waals surface area contributed by atoms with Crippen LogP contribution in [0.5, 0.6) is 5.75 Å². The van der Waals surface area contributed by atoms with Crippen LogP contribution in [0.2, 0.25) is 0 Å². The van der Waals surface area contributed by atoms with Gasteiger partial charge in [0.05, 0.1) is 12.5 Å². The van der Waals surface area contributed by atoms with Crippen LogP contribution < -0.4 is 10.1 Å². The summed E-state index contributed by atoms with van der Waals surface area (Å²) in [5.74, 6) is 1.13. The topological polar surface area (TPSA) is 38.3 Å². The Balaban J connectivity index is 2.15. The van der Waals surface area contributed by atoms with E-state index in [-0.39, 0.29) is 5.41 Å². The minimum Gasteiger partial charge on any atom is -0.496 e. The van der Waals surface area contributed by atoms with Gasteiger partial charge in [-0.1, -0.05) is 6.42 Å². The fourth-order valence-electron chi connectivity index (χ4n) is 3.14. The van der Waals surface area contributed by atoms with Gasteiger partial charge in [0.1, 0.15) is 5.75 Å². The number of rotatable bonds is 1. The number of carbonyl (C=O) groups is 1. The average Bonchev–Trinajstić information content (AvgIpc) is 2.32. The zero-order valence-electron chi connectivity index (χ0n) is 11.2. The summed E-state index contributed by atoms with van der Waals surface area (Å²) in [6, 6.07) is 1.91. The van der Waals surface area contributed by atoms with E-state index in [4.69, 9.17) is 4.74 Å². The van der Waals surface area contributed by atoms with Crippen LogP contribution in [0.3, 0.4) is 0 Å². The van der Waals surface area contributed by atoms with Crippen LogP contribution in [0, 0.1) is 19.3 Å². The monoisotopic (exact) mass is 245 g/mol. The normalized spacial score (nSPS) is 20.1. The van der Waals surface area contributed by atoms with Crippen LogP contribution in [-0.4, -0.2) is 19.4 Å². The zero-order valence-corrected chi connectivity index (χ0v) is 11.2. The van der Waals surface area contributed by atoms with E-state index in [1.165, 1.54) is 6.42 Å². The quantitative estimate of drug-likeness (QED) is 0.826. The molecular weight excluding hydrogens is 226 g/mol. The highest BCUT2D eigenvalue weighted by molar-refractivity contribution is 6.08. The molecule has 0 radical (unpaired) electrons. The summed E-state index contributed by atoms with van der Waals surface area (Å²) in [5.41, 5.74) is 3.95. The molecule has 0 saturated heterocycles. The van der Waals surface area contributed by atoms with E-state index in [1.807, 2.05) is 13.0 Å². The van der Waals surface area contributed by atoms with Crippen molar-refractivity contribution in [2.45, 2.75) is 33.1 Å². The lowest BCUT2D eigenvalue weighted by Crippen LogP contribution is -2.47. The molecule has 0 amide bonds. The zero-order chi connectivity index (χ0) is 12.9. The van der Waals surface area contributed by atoms with Gasteiger partial charge in [-0.05, 0) is 43.9 Å². The second kappa shape index (κ2) is 3.74. The molecule has 3 nitrogen and oxygen atoms in total. The van der Waals surface area contributed by atoms with E-state index in [2.05, 4.69) is 12.2 Å². The number of carbonyl (C=O) groups excluding carboxylic acids is 1. The van der Waals surface area contributed by atoms with Crippen LogP contribution >= 0.6 is 0 Å². The molecule has 96 valence electrons. The van der Waals surface area contributed by atoms with Gasteiger partial charge in [-0.25, -0.2) is 0 Å². The number of ketones is 1. The van der Waals surface area contributed by atoms with Crippen LogP contribution in [0.4, 0.5) is 5.69 Å². The number of benzene rings is 1. The Morgan fingerprint density at radius 2 is 2.00 bits per heavy atom. The molecular formula is C15H19NO2. The maximum Gasteiger partial charge on any atom is 0.172 e. The van der Waals surface area contributed by atoms with Crippen molar-refractivity contribution in [1.82, 2.24) is 0 Å². The number of nitrogens with one attached hydrogen (secondary N) is 1. The smallest absolute Gasteiger partial charge is 0.172 e. The van der Waals surface area contributed by atoms with E-state index in [0.29, 0.717) is 5.78 Å². The second-order valence-corrected chi connectivity index (χ2v) is 5.57. The van der Waals surface area contributed by atoms with Crippen molar-refractivity contribution in [2.75, 3.05) is 19.0 Å². The molecule has 1 fully saturated rings. The molecule has 0 bridgehead atoms. The number of hydrogen-bond donors (Lipinski definition) is 1. The minimum atomic E-state index is -0.125. The molecule has 3 rings (SSSR count). The van der Waals surface area contributed by atoms with E-state index < -0.39 is 0 Å². The van der Waals surface area contributed by atoms with Gasteiger partial charge in [0.15, 0.2) is 5.78 Å². The predicted molar refractivity (Wildman–Crippen MR) is 71.6 cm³/mol. The Hall–Kier alpha value is -1.51. The highest BCUT2D eigenvalue weighted by Gasteiger charge is 2.47. The molecule has 1 aliphatic heterocycles. The van der Waals surface area contributed by atoms with Gasteiger partial charge in [-0.2, -0.15) is 0 Å². The van der Waals surface area contributed by atoms with Gasteiger partial charge in [0.25, 0.3) is 0 Å². The van der Waals surface area contributed by atoms with Crippen LogP contribution in [0.15, 0.2) is 6.07 Å². The predicted octanol–water partition coefficient (Wildman–Crippen LogP) is 3.09. The molecule has 2 aliphatic rings. The van der Waals surface area contributed by atoms with Crippen LogP contribution in [0.1, 0.15) is 40.7 Å². The molecule has 0 aromatic heterocycles. The van der Waals surface area contributed by atoms with Crippen molar-refractivity contribution in [3.8, 4) is 5.75 Å². The summed E-state index contributed by atoms with van der Waals surface area (Å²) in [6.07, 6.45) is 3.21. The van der Waals surface area contributed by atoms with Gasteiger partial charge in [-0.15, -0.1) is 0 Å². The molecule has 0 unspecified atom stereocenters. The maximum absolute atomic E-state index is 12.7. The SMILES string of the molecule is COc1cc2c(c(C)c1C)NCC1(CCC1)C2=O. The number of fused-ring (bicyclic) bond motifs is 1. The molecule has 1 heterocycles. The molecule has 1 spiro atoms. The van der Waals surface area contributed by atoms with Crippen LogP contribution in [0.25, 0.3) is 0 Å². The van der Waals surface area contributed by atoms with E-state index in [1.54, 1.807) is 7.11 Å². The lowest BCUT2D eigenvalue weighted by molar-refractivity contribution is 0.0635. The van der Waals surface area contributed by atoms with Crippen LogP contribution in [-0.2, 0) is 0 Å². The maximum atomic E-state index is 12.7. The highest BCUT2D eigenvalue weighted by atomic mass is 16.5. The Bertz CT molecular complexity index is 530. The third-order valence-corrected chi connectivity index (χ3v) is 4.71. The standard InChI is InChI=1S/C15H19NO2/c1-9-10(2)13-11(7-12(9)18-3)14(17)15(8-16-13)5-4-6-15/h7,16H,4-6,8H2,1-3H3. The van der Waals surface area contributed by atoms with Crippen molar-refractivity contribution in [2.24, 2.45) is 5.41 Å². The Morgan fingerprint density at radius 1 is 1.28 bits per heavy atom. The van der Waals surface area contributed by atoms with Crippen molar-refractivity contribution >= 4 is 11.5 Å². The van der Waals surface area contributed by atoms with Crippen molar-refractivity contribution in [1.29, 1.82) is 0 Å². The lowest BCUT2D eigenvalue weighted by Gasteiger charge is -2.44. The summed E-state index contributed by atoms with van der Waals surface area (Å²) < 4.78 is 5.38. The average molecular weight is 245 g/mol. The van der Waals surface area contributed by atoms with E-state index >= 15 is 0 Å². The molecule has 1 N–H and O–H groups in total. The number of methoxy groups -OCH3 is 1. The van der Waals surface area contributed by atoms with Gasteiger partial charge in [0.2, 0.25) is 0 Å². The van der Waals surface area contributed by atoms with E-state index in [9.17, 15) is 4.79 Å². The summed E-state index contributed by atoms with van der Waals surface area (Å²) in [4.78, 5) is 12.7. The Morgan fingerprint density at radius 3 is 2.56 bits per heavy atom. The molecule has 1 aromatic carbocycles. The summed E-state index contributed by atoms with van der Waals surface area (Å²) in [6.45, 7) is 4.88. The molecule has 3 heteroatoms. The Kier molecular flexibility index (Phi) is 2.40.